The number of rotatable bonds is 4. The van der Waals surface area contributed by atoms with Crippen LogP contribution in [0.15, 0.2) is 33.5 Å². The maximum absolute atomic E-state index is 13.2. The van der Waals surface area contributed by atoms with Crippen LogP contribution in [0.25, 0.3) is 11.0 Å². The molecule has 5 nitrogen and oxygen atoms in total. The molecule has 1 aliphatic rings. The lowest BCUT2D eigenvalue weighted by Crippen LogP contribution is -2.33. The van der Waals surface area contributed by atoms with E-state index in [9.17, 15) is 18.8 Å². The molecule has 1 unspecified atom stereocenters. The molecule has 2 heterocycles. The van der Waals surface area contributed by atoms with Crippen LogP contribution in [-0.4, -0.2) is 18.2 Å². The lowest BCUT2D eigenvalue weighted by molar-refractivity contribution is -0.123. The van der Waals surface area contributed by atoms with Crippen molar-refractivity contribution in [3.63, 3.8) is 0 Å². The molecular formula is C17H16FNO4. The van der Waals surface area contributed by atoms with E-state index in [4.69, 9.17) is 4.42 Å². The van der Waals surface area contributed by atoms with Crippen LogP contribution in [0.5, 0.6) is 0 Å². The maximum Gasteiger partial charge on any atom is 0.220 e. The first kappa shape index (κ1) is 15.4. The Morgan fingerprint density at radius 3 is 2.91 bits per heavy atom. The molecule has 1 fully saturated rings. The Kier molecular flexibility index (Phi) is 4.23. The van der Waals surface area contributed by atoms with E-state index in [0.717, 1.165) is 18.6 Å². The molecule has 0 bridgehead atoms. The van der Waals surface area contributed by atoms with E-state index in [-0.39, 0.29) is 40.8 Å². The molecule has 0 aliphatic carbocycles. The minimum absolute atomic E-state index is 0.00737. The normalized spacial score (nSPS) is 18.0. The third-order valence-electron chi connectivity index (χ3n) is 4.09. The molecule has 1 aliphatic heterocycles. The average Bonchev–Trinajstić information content (AvgIpc) is 2.53. The second-order valence-corrected chi connectivity index (χ2v) is 5.79. The molecule has 1 aromatic carbocycles. The number of halogens is 1. The Labute approximate surface area is 131 Å². The number of benzene rings is 1. The van der Waals surface area contributed by atoms with Crippen molar-refractivity contribution in [1.29, 1.82) is 0 Å². The predicted molar refractivity (Wildman–Crippen MR) is 81.7 cm³/mol. The second-order valence-electron chi connectivity index (χ2n) is 5.79. The standard InChI is InChI=1S/C17H16FNO4/c18-11-2-4-15-12(8-11)14(21)9-16(23-15)13(20)3-1-10-5-6-19-17(22)7-10/h2,4,8-10H,1,3,5-7H2,(H,19,22). The smallest absolute Gasteiger partial charge is 0.220 e. The summed E-state index contributed by atoms with van der Waals surface area (Å²) >= 11 is 0. The molecule has 6 heteroatoms. The largest absolute Gasteiger partial charge is 0.453 e. The van der Waals surface area contributed by atoms with Crippen LogP contribution in [0.1, 0.15) is 36.2 Å². The number of Topliss-reactive ketones (excluding diaryl/α,β-unsaturated/α-hetero) is 1. The molecule has 3 rings (SSSR count). The topological polar surface area (TPSA) is 76.4 Å². The molecular weight excluding hydrogens is 301 g/mol. The van der Waals surface area contributed by atoms with Crippen molar-refractivity contribution in [2.24, 2.45) is 5.92 Å². The fourth-order valence-corrected chi connectivity index (χ4v) is 2.82. The highest BCUT2D eigenvalue weighted by atomic mass is 19.1. The number of fused-ring (bicyclic) bond motifs is 1. The molecule has 0 saturated carbocycles. The Morgan fingerprint density at radius 2 is 2.13 bits per heavy atom. The monoisotopic (exact) mass is 317 g/mol. The van der Waals surface area contributed by atoms with Gasteiger partial charge in [-0.05, 0) is 37.0 Å². The van der Waals surface area contributed by atoms with E-state index in [1.54, 1.807) is 0 Å². The van der Waals surface area contributed by atoms with Gasteiger partial charge < -0.3 is 9.73 Å². The fraction of sp³-hybridized carbons (Fsp3) is 0.353. The SMILES string of the molecule is O=C1CC(CCC(=O)c2cc(=O)c3cc(F)ccc3o2)CCN1. The highest BCUT2D eigenvalue weighted by Crippen LogP contribution is 2.21. The zero-order valence-corrected chi connectivity index (χ0v) is 12.4. The van der Waals surface area contributed by atoms with Crippen LogP contribution in [0.4, 0.5) is 4.39 Å². The van der Waals surface area contributed by atoms with Crippen LogP contribution in [-0.2, 0) is 4.79 Å². The zero-order valence-electron chi connectivity index (χ0n) is 12.4. The van der Waals surface area contributed by atoms with Crippen molar-refractivity contribution in [3.8, 4) is 0 Å². The number of hydrogen-bond acceptors (Lipinski definition) is 4. The van der Waals surface area contributed by atoms with Gasteiger partial charge in [0.2, 0.25) is 5.91 Å². The second kappa shape index (κ2) is 6.32. The lowest BCUT2D eigenvalue weighted by Gasteiger charge is -2.21. The summed E-state index contributed by atoms with van der Waals surface area (Å²) < 4.78 is 18.6. The molecule has 23 heavy (non-hydrogen) atoms. The summed E-state index contributed by atoms with van der Waals surface area (Å²) in [7, 11) is 0. The van der Waals surface area contributed by atoms with Crippen LogP contribution >= 0.6 is 0 Å². The third-order valence-corrected chi connectivity index (χ3v) is 4.09. The predicted octanol–water partition coefficient (Wildman–Crippen LogP) is 2.42. The summed E-state index contributed by atoms with van der Waals surface area (Å²) in [6, 6.07) is 4.72. The van der Waals surface area contributed by atoms with Gasteiger partial charge in [-0.15, -0.1) is 0 Å². The number of hydrogen-bond donors (Lipinski definition) is 1. The van der Waals surface area contributed by atoms with Gasteiger partial charge in [0.25, 0.3) is 0 Å². The molecule has 2 aromatic rings. The number of piperidine rings is 1. The number of nitrogens with one attached hydrogen (secondary N) is 1. The Bertz CT molecular complexity index is 827. The minimum Gasteiger partial charge on any atom is -0.453 e. The van der Waals surface area contributed by atoms with E-state index in [1.807, 2.05) is 0 Å². The van der Waals surface area contributed by atoms with Gasteiger partial charge >= 0.3 is 0 Å². The van der Waals surface area contributed by atoms with E-state index in [0.29, 0.717) is 19.4 Å². The Morgan fingerprint density at radius 1 is 1.30 bits per heavy atom. The Balaban J connectivity index is 1.74. The summed E-state index contributed by atoms with van der Waals surface area (Å²) in [5, 5.41) is 2.87. The van der Waals surface area contributed by atoms with Crippen molar-refractivity contribution < 1.29 is 18.4 Å². The Hall–Kier alpha value is -2.50. The van der Waals surface area contributed by atoms with E-state index >= 15 is 0 Å². The molecule has 1 aromatic heterocycles. The first-order valence-corrected chi connectivity index (χ1v) is 7.56. The molecule has 1 atom stereocenters. The van der Waals surface area contributed by atoms with Crippen molar-refractivity contribution in [2.75, 3.05) is 6.54 Å². The van der Waals surface area contributed by atoms with Crippen LogP contribution in [0, 0.1) is 11.7 Å². The summed E-state index contributed by atoms with van der Waals surface area (Å²) in [5.74, 6) is -0.643. The van der Waals surface area contributed by atoms with Crippen molar-refractivity contribution in [3.05, 3.63) is 46.1 Å². The van der Waals surface area contributed by atoms with E-state index in [1.165, 1.54) is 12.1 Å². The number of ketones is 1. The highest BCUT2D eigenvalue weighted by molar-refractivity contribution is 5.94. The van der Waals surface area contributed by atoms with Gasteiger partial charge in [0, 0.05) is 25.5 Å². The summed E-state index contributed by atoms with van der Waals surface area (Å²) in [5.41, 5.74) is -0.245. The van der Waals surface area contributed by atoms with Gasteiger partial charge in [-0.2, -0.15) is 0 Å². The maximum atomic E-state index is 13.2. The number of carbonyl (C=O) groups is 2. The fourth-order valence-electron chi connectivity index (χ4n) is 2.82. The first-order chi connectivity index (χ1) is 11.0. The zero-order chi connectivity index (χ0) is 16.4. The molecule has 1 amide bonds. The van der Waals surface area contributed by atoms with Crippen LogP contribution < -0.4 is 10.7 Å². The van der Waals surface area contributed by atoms with Gasteiger partial charge in [0.05, 0.1) is 5.39 Å². The van der Waals surface area contributed by atoms with Crippen LogP contribution in [0.3, 0.4) is 0 Å². The summed E-state index contributed by atoms with van der Waals surface area (Å²) in [6.45, 7) is 0.633. The van der Waals surface area contributed by atoms with Crippen molar-refractivity contribution in [2.45, 2.75) is 25.7 Å². The minimum atomic E-state index is -0.528. The summed E-state index contributed by atoms with van der Waals surface area (Å²) in [4.78, 5) is 35.5. The third kappa shape index (κ3) is 3.47. The summed E-state index contributed by atoms with van der Waals surface area (Å²) in [6.07, 6.45) is 2.07. The van der Waals surface area contributed by atoms with Gasteiger partial charge in [-0.25, -0.2) is 4.39 Å². The molecule has 1 N–H and O–H groups in total. The van der Waals surface area contributed by atoms with E-state index in [2.05, 4.69) is 5.32 Å². The number of carbonyl (C=O) groups excluding carboxylic acids is 2. The van der Waals surface area contributed by atoms with E-state index < -0.39 is 11.2 Å². The highest BCUT2D eigenvalue weighted by Gasteiger charge is 2.21. The molecule has 1 saturated heterocycles. The van der Waals surface area contributed by atoms with Gasteiger partial charge in [-0.1, -0.05) is 0 Å². The van der Waals surface area contributed by atoms with Gasteiger partial charge in [0.15, 0.2) is 17.0 Å². The van der Waals surface area contributed by atoms with Crippen LogP contribution in [0.2, 0.25) is 0 Å². The van der Waals surface area contributed by atoms with Crippen molar-refractivity contribution in [1.82, 2.24) is 5.32 Å². The first-order valence-electron chi connectivity index (χ1n) is 7.56. The molecule has 0 radical (unpaired) electrons. The quantitative estimate of drug-likeness (QED) is 0.879. The number of amides is 1. The average molecular weight is 317 g/mol. The lowest BCUT2D eigenvalue weighted by atomic mass is 9.91. The molecule has 120 valence electrons. The van der Waals surface area contributed by atoms with Gasteiger partial charge in [-0.3, -0.25) is 14.4 Å². The van der Waals surface area contributed by atoms with Crippen molar-refractivity contribution >= 4 is 22.7 Å². The molecule has 0 spiro atoms. The van der Waals surface area contributed by atoms with Gasteiger partial charge in [0.1, 0.15) is 11.4 Å².